The van der Waals surface area contributed by atoms with Gasteiger partial charge in [-0.25, -0.2) is 4.39 Å². The first kappa shape index (κ1) is 16.1. The third-order valence-corrected chi connectivity index (χ3v) is 4.10. The zero-order chi connectivity index (χ0) is 15.2. The lowest BCUT2D eigenvalue weighted by molar-refractivity contribution is 0.288. The van der Waals surface area contributed by atoms with Gasteiger partial charge in [0.15, 0.2) is 0 Å². The highest BCUT2D eigenvalue weighted by Gasteiger charge is 2.13. The Labute approximate surface area is 134 Å². The maximum atomic E-state index is 13.5. The van der Waals surface area contributed by atoms with Crippen LogP contribution < -0.4 is 5.32 Å². The van der Waals surface area contributed by atoms with Crippen molar-refractivity contribution >= 4 is 15.9 Å². The Kier molecular flexibility index (Phi) is 5.91. The van der Waals surface area contributed by atoms with Crippen LogP contribution in [-0.2, 0) is 6.54 Å². The summed E-state index contributed by atoms with van der Waals surface area (Å²) in [5.41, 5.74) is 2.22. The van der Waals surface area contributed by atoms with E-state index in [0.717, 1.165) is 12.1 Å². The predicted molar refractivity (Wildman–Crippen MR) is 88.7 cm³/mol. The predicted octanol–water partition coefficient (Wildman–Crippen LogP) is 3.98. The number of likely N-dealkylation sites (N-methyl/N-ethyl adjacent to an activating group) is 1. The van der Waals surface area contributed by atoms with Crippen LogP contribution in [0.15, 0.2) is 53.0 Å². The molecule has 0 aliphatic carbocycles. The monoisotopic (exact) mass is 350 g/mol. The molecule has 0 amide bonds. The number of hydrogen-bond donors (Lipinski definition) is 1. The molecule has 112 valence electrons. The van der Waals surface area contributed by atoms with E-state index in [4.69, 9.17) is 0 Å². The van der Waals surface area contributed by atoms with Crippen LogP contribution >= 0.6 is 15.9 Å². The normalized spacial score (nSPS) is 12.6. The Balaban J connectivity index is 1.95. The van der Waals surface area contributed by atoms with Crippen LogP contribution in [0.25, 0.3) is 0 Å². The third kappa shape index (κ3) is 4.63. The molecule has 2 rings (SSSR count). The fraction of sp³-hybridized carbons (Fsp3) is 0.294. The summed E-state index contributed by atoms with van der Waals surface area (Å²) in [4.78, 5) is 2.19. The van der Waals surface area contributed by atoms with Gasteiger partial charge in [-0.15, -0.1) is 0 Å². The van der Waals surface area contributed by atoms with E-state index in [1.165, 1.54) is 5.56 Å². The highest BCUT2D eigenvalue weighted by atomic mass is 79.9. The van der Waals surface area contributed by atoms with Crippen molar-refractivity contribution in [2.45, 2.75) is 12.6 Å². The van der Waals surface area contributed by atoms with Crippen molar-refractivity contribution < 1.29 is 4.39 Å². The molecule has 0 aliphatic heterocycles. The second-order valence-electron chi connectivity index (χ2n) is 5.27. The zero-order valence-electron chi connectivity index (χ0n) is 12.3. The van der Waals surface area contributed by atoms with Crippen LogP contribution in [0.5, 0.6) is 0 Å². The van der Waals surface area contributed by atoms with Gasteiger partial charge in [-0.3, -0.25) is 0 Å². The maximum absolute atomic E-state index is 13.5. The lowest BCUT2D eigenvalue weighted by Crippen LogP contribution is -2.30. The summed E-state index contributed by atoms with van der Waals surface area (Å²) in [6.07, 6.45) is 0. The zero-order valence-corrected chi connectivity index (χ0v) is 13.9. The molecule has 21 heavy (non-hydrogen) atoms. The minimum absolute atomic E-state index is 0.221. The van der Waals surface area contributed by atoms with E-state index < -0.39 is 0 Å². The van der Waals surface area contributed by atoms with Crippen LogP contribution in [0.3, 0.4) is 0 Å². The van der Waals surface area contributed by atoms with Crippen molar-refractivity contribution in [3.8, 4) is 0 Å². The van der Waals surface area contributed by atoms with Gasteiger partial charge in [-0.2, -0.15) is 0 Å². The van der Waals surface area contributed by atoms with E-state index in [2.05, 4.69) is 64.5 Å². The van der Waals surface area contributed by atoms with Gasteiger partial charge in [0.25, 0.3) is 0 Å². The molecule has 0 heterocycles. The molecule has 1 N–H and O–H groups in total. The van der Waals surface area contributed by atoms with Gasteiger partial charge in [0, 0.05) is 19.1 Å². The van der Waals surface area contributed by atoms with Crippen molar-refractivity contribution in [1.29, 1.82) is 0 Å². The number of nitrogens with one attached hydrogen (secondary N) is 1. The molecule has 0 spiro atoms. The van der Waals surface area contributed by atoms with E-state index >= 15 is 0 Å². The van der Waals surface area contributed by atoms with E-state index in [1.807, 2.05) is 12.1 Å². The first-order valence-corrected chi connectivity index (χ1v) is 7.73. The minimum Gasteiger partial charge on any atom is -0.311 e. The van der Waals surface area contributed by atoms with Crippen molar-refractivity contribution in [1.82, 2.24) is 10.2 Å². The quantitative estimate of drug-likeness (QED) is 0.847. The lowest BCUT2D eigenvalue weighted by atomic mass is 10.1. The first-order valence-electron chi connectivity index (χ1n) is 6.94. The molecule has 0 saturated heterocycles. The summed E-state index contributed by atoms with van der Waals surface area (Å²) in [6, 6.07) is 15.9. The van der Waals surface area contributed by atoms with E-state index in [-0.39, 0.29) is 5.82 Å². The molecule has 0 fully saturated rings. The van der Waals surface area contributed by atoms with Crippen molar-refractivity contribution in [3.63, 3.8) is 0 Å². The molecule has 0 radical (unpaired) electrons. The molecule has 1 atom stereocenters. The Hall–Kier alpha value is -1.23. The number of rotatable bonds is 6. The molecule has 0 saturated carbocycles. The van der Waals surface area contributed by atoms with Crippen LogP contribution in [-0.4, -0.2) is 25.5 Å². The average Bonchev–Trinajstić information content (AvgIpc) is 2.48. The Bertz CT molecular complexity index is 572. The van der Waals surface area contributed by atoms with Crippen LogP contribution in [0.2, 0.25) is 0 Å². The first-order chi connectivity index (χ1) is 10.1. The minimum atomic E-state index is -0.221. The summed E-state index contributed by atoms with van der Waals surface area (Å²) in [7, 11) is 4.14. The molecule has 1 unspecified atom stereocenters. The largest absolute Gasteiger partial charge is 0.311 e. The summed E-state index contributed by atoms with van der Waals surface area (Å²) in [6.45, 7) is 1.47. The summed E-state index contributed by atoms with van der Waals surface area (Å²) >= 11 is 3.17. The molecule has 2 aromatic carbocycles. The van der Waals surface area contributed by atoms with E-state index in [1.54, 1.807) is 12.1 Å². The standard InChI is InChI=1S/C17H20BrFN2/c1-21(2)17(14-6-4-3-5-7-14)12-20-11-13-8-9-15(18)16(19)10-13/h3-10,17,20H,11-12H2,1-2H3. The highest BCUT2D eigenvalue weighted by Crippen LogP contribution is 2.18. The molecular formula is C17H20BrFN2. The fourth-order valence-electron chi connectivity index (χ4n) is 2.28. The number of halogens is 2. The van der Waals surface area contributed by atoms with Gasteiger partial charge in [0.05, 0.1) is 4.47 Å². The second kappa shape index (κ2) is 7.69. The number of hydrogen-bond acceptors (Lipinski definition) is 2. The van der Waals surface area contributed by atoms with Gasteiger partial charge < -0.3 is 10.2 Å². The molecule has 2 nitrogen and oxygen atoms in total. The molecular weight excluding hydrogens is 331 g/mol. The van der Waals surface area contributed by atoms with Gasteiger partial charge in [-0.1, -0.05) is 36.4 Å². The molecule has 2 aromatic rings. The third-order valence-electron chi connectivity index (χ3n) is 3.46. The van der Waals surface area contributed by atoms with E-state index in [9.17, 15) is 4.39 Å². The van der Waals surface area contributed by atoms with Crippen molar-refractivity contribution in [3.05, 3.63) is 69.9 Å². The summed E-state index contributed by atoms with van der Waals surface area (Å²) in [5.74, 6) is -0.221. The summed E-state index contributed by atoms with van der Waals surface area (Å²) < 4.78 is 14.0. The Morgan fingerprint density at radius 3 is 2.48 bits per heavy atom. The topological polar surface area (TPSA) is 15.3 Å². The molecule has 0 aromatic heterocycles. The van der Waals surface area contributed by atoms with Gasteiger partial charge in [0.2, 0.25) is 0 Å². The molecule has 0 aliphatic rings. The molecule has 4 heteroatoms. The van der Waals surface area contributed by atoms with Crippen LogP contribution in [0, 0.1) is 5.82 Å². The molecule has 0 bridgehead atoms. The Morgan fingerprint density at radius 1 is 1.14 bits per heavy atom. The van der Waals surface area contributed by atoms with Crippen molar-refractivity contribution in [2.24, 2.45) is 0 Å². The highest BCUT2D eigenvalue weighted by molar-refractivity contribution is 9.10. The van der Waals surface area contributed by atoms with E-state index in [0.29, 0.717) is 17.1 Å². The van der Waals surface area contributed by atoms with Crippen LogP contribution in [0.1, 0.15) is 17.2 Å². The SMILES string of the molecule is CN(C)C(CNCc1ccc(Br)c(F)c1)c1ccccc1. The second-order valence-corrected chi connectivity index (χ2v) is 6.12. The summed E-state index contributed by atoms with van der Waals surface area (Å²) in [5, 5.41) is 3.40. The smallest absolute Gasteiger partial charge is 0.137 e. The Morgan fingerprint density at radius 2 is 1.86 bits per heavy atom. The van der Waals surface area contributed by atoms with Crippen LogP contribution in [0.4, 0.5) is 4.39 Å². The number of nitrogens with zero attached hydrogens (tertiary/aromatic N) is 1. The fourth-order valence-corrected chi connectivity index (χ4v) is 2.52. The van der Waals surface area contributed by atoms with Gasteiger partial charge in [0.1, 0.15) is 5.82 Å². The van der Waals surface area contributed by atoms with Gasteiger partial charge >= 0.3 is 0 Å². The van der Waals surface area contributed by atoms with Crippen molar-refractivity contribution in [2.75, 3.05) is 20.6 Å². The maximum Gasteiger partial charge on any atom is 0.137 e. The lowest BCUT2D eigenvalue weighted by Gasteiger charge is -2.25. The van der Waals surface area contributed by atoms with Gasteiger partial charge in [-0.05, 0) is 53.3 Å². The average molecular weight is 351 g/mol. The number of benzene rings is 2.